The molecule has 0 saturated heterocycles. The lowest BCUT2D eigenvalue weighted by Gasteiger charge is -2.41. The number of hydrogen-bond acceptors (Lipinski definition) is 4. The second-order valence-electron chi connectivity index (χ2n) is 6.32. The molecule has 0 aromatic heterocycles. The van der Waals surface area contributed by atoms with Crippen LogP contribution in [-0.4, -0.2) is 43.9 Å². The van der Waals surface area contributed by atoms with E-state index >= 15 is 0 Å². The third-order valence-corrected chi connectivity index (χ3v) is 4.51. The second kappa shape index (κ2) is 12.3. The highest BCUT2D eigenvalue weighted by Gasteiger charge is 2.41. The van der Waals surface area contributed by atoms with Crippen molar-refractivity contribution in [2.24, 2.45) is 5.92 Å². The standard InChI is InChI=1S/C18H36O4/c1-3-5-12-20-14-15-22-18(16-19,21-13-6-4-2)17-10-8-7-9-11-17/h17,19H,3-16H2,1-2H3. The van der Waals surface area contributed by atoms with E-state index in [1.54, 1.807) is 0 Å². The molecule has 0 heterocycles. The number of ether oxygens (including phenoxy) is 3. The van der Waals surface area contributed by atoms with E-state index < -0.39 is 5.79 Å². The van der Waals surface area contributed by atoms with E-state index in [2.05, 4.69) is 13.8 Å². The fourth-order valence-corrected chi connectivity index (χ4v) is 3.05. The molecule has 0 radical (unpaired) electrons. The van der Waals surface area contributed by atoms with Crippen LogP contribution in [0.3, 0.4) is 0 Å². The number of aliphatic hydroxyl groups is 1. The lowest BCUT2D eigenvalue weighted by atomic mass is 9.83. The van der Waals surface area contributed by atoms with Crippen molar-refractivity contribution in [3.8, 4) is 0 Å². The van der Waals surface area contributed by atoms with Crippen LogP contribution in [0.15, 0.2) is 0 Å². The molecular weight excluding hydrogens is 280 g/mol. The number of unbranched alkanes of at least 4 members (excludes halogenated alkanes) is 2. The van der Waals surface area contributed by atoms with E-state index in [1.165, 1.54) is 19.3 Å². The predicted octanol–water partition coefficient (Wildman–Crippen LogP) is 3.91. The second-order valence-corrected chi connectivity index (χ2v) is 6.32. The Morgan fingerprint density at radius 1 is 0.864 bits per heavy atom. The lowest BCUT2D eigenvalue weighted by Crippen LogP contribution is -2.48. The molecule has 0 aromatic rings. The van der Waals surface area contributed by atoms with Gasteiger partial charge in [0.1, 0.15) is 0 Å². The van der Waals surface area contributed by atoms with Gasteiger partial charge in [0.15, 0.2) is 5.79 Å². The smallest absolute Gasteiger partial charge is 0.194 e. The largest absolute Gasteiger partial charge is 0.391 e. The van der Waals surface area contributed by atoms with Crippen LogP contribution in [0.5, 0.6) is 0 Å². The quantitative estimate of drug-likeness (QED) is 0.413. The van der Waals surface area contributed by atoms with Gasteiger partial charge in [-0.05, 0) is 25.7 Å². The average molecular weight is 316 g/mol. The fraction of sp³-hybridized carbons (Fsp3) is 1.00. The van der Waals surface area contributed by atoms with Gasteiger partial charge in [-0.2, -0.15) is 0 Å². The van der Waals surface area contributed by atoms with E-state index in [1.807, 2.05) is 0 Å². The van der Waals surface area contributed by atoms with E-state index in [-0.39, 0.29) is 6.61 Å². The summed E-state index contributed by atoms with van der Waals surface area (Å²) in [4.78, 5) is 0. The first-order valence-corrected chi connectivity index (χ1v) is 9.25. The van der Waals surface area contributed by atoms with E-state index in [0.29, 0.717) is 25.7 Å². The molecule has 0 spiro atoms. The van der Waals surface area contributed by atoms with Crippen molar-refractivity contribution < 1.29 is 19.3 Å². The molecule has 4 heteroatoms. The molecule has 0 amide bonds. The molecule has 1 N–H and O–H groups in total. The van der Waals surface area contributed by atoms with Crippen molar-refractivity contribution in [2.45, 2.75) is 77.4 Å². The Hall–Kier alpha value is -0.160. The van der Waals surface area contributed by atoms with Crippen LogP contribution < -0.4 is 0 Å². The highest BCUT2D eigenvalue weighted by molar-refractivity contribution is 4.82. The molecule has 1 aliphatic carbocycles. The molecule has 1 atom stereocenters. The molecule has 0 bridgehead atoms. The van der Waals surface area contributed by atoms with Crippen molar-refractivity contribution in [2.75, 3.05) is 33.0 Å². The normalized spacial score (nSPS) is 19.2. The van der Waals surface area contributed by atoms with E-state index in [0.717, 1.165) is 45.1 Å². The molecule has 0 aliphatic heterocycles. The Balaban J connectivity index is 2.47. The van der Waals surface area contributed by atoms with Gasteiger partial charge in [0.25, 0.3) is 0 Å². The third-order valence-electron chi connectivity index (χ3n) is 4.51. The number of hydrogen-bond donors (Lipinski definition) is 1. The molecule has 0 aromatic carbocycles. The van der Waals surface area contributed by atoms with Crippen LogP contribution in [0.25, 0.3) is 0 Å². The highest BCUT2D eigenvalue weighted by Crippen LogP contribution is 2.36. The first-order valence-electron chi connectivity index (χ1n) is 9.25. The molecule has 1 unspecified atom stereocenters. The van der Waals surface area contributed by atoms with Crippen LogP contribution >= 0.6 is 0 Å². The van der Waals surface area contributed by atoms with Gasteiger partial charge in [0, 0.05) is 12.5 Å². The Morgan fingerprint density at radius 2 is 1.50 bits per heavy atom. The monoisotopic (exact) mass is 316 g/mol. The summed E-state index contributed by atoms with van der Waals surface area (Å²) in [7, 11) is 0. The minimum Gasteiger partial charge on any atom is -0.391 e. The summed E-state index contributed by atoms with van der Waals surface area (Å²) in [6.45, 7) is 6.75. The van der Waals surface area contributed by atoms with Crippen molar-refractivity contribution in [1.82, 2.24) is 0 Å². The molecule has 1 fully saturated rings. The summed E-state index contributed by atoms with van der Waals surface area (Å²) in [5, 5.41) is 9.98. The summed E-state index contributed by atoms with van der Waals surface area (Å²) in [5.74, 6) is -0.511. The summed E-state index contributed by atoms with van der Waals surface area (Å²) in [6, 6.07) is 0. The zero-order chi connectivity index (χ0) is 16.1. The highest BCUT2D eigenvalue weighted by atomic mass is 16.7. The Labute approximate surface area is 136 Å². The van der Waals surface area contributed by atoms with Crippen molar-refractivity contribution in [3.63, 3.8) is 0 Å². The van der Waals surface area contributed by atoms with Gasteiger partial charge < -0.3 is 19.3 Å². The zero-order valence-electron chi connectivity index (χ0n) is 14.6. The maximum atomic E-state index is 9.98. The fourth-order valence-electron chi connectivity index (χ4n) is 3.05. The minimum absolute atomic E-state index is 0.0592. The third kappa shape index (κ3) is 6.95. The topological polar surface area (TPSA) is 47.9 Å². The van der Waals surface area contributed by atoms with Gasteiger partial charge in [-0.3, -0.25) is 0 Å². The van der Waals surface area contributed by atoms with Crippen LogP contribution in [0.2, 0.25) is 0 Å². The average Bonchev–Trinajstić information content (AvgIpc) is 2.57. The van der Waals surface area contributed by atoms with Crippen LogP contribution in [-0.2, 0) is 14.2 Å². The first kappa shape index (κ1) is 19.9. The Kier molecular flexibility index (Phi) is 11.1. The molecule has 22 heavy (non-hydrogen) atoms. The summed E-state index contributed by atoms with van der Waals surface area (Å²) in [5.41, 5.74) is 0. The maximum Gasteiger partial charge on any atom is 0.194 e. The first-order chi connectivity index (χ1) is 10.8. The number of aliphatic hydroxyl groups excluding tert-OH is 1. The van der Waals surface area contributed by atoms with Crippen molar-refractivity contribution >= 4 is 0 Å². The van der Waals surface area contributed by atoms with Crippen molar-refractivity contribution in [1.29, 1.82) is 0 Å². The zero-order valence-corrected chi connectivity index (χ0v) is 14.6. The Bertz CT molecular complexity index is 253. The van der Waals surface area contributed by atoms with Gasteiger partial charge in [0.05, 0.1) is 26.4 Å². The molecule has 4 nitrogen and oxygen atoms in total. The minimum atomic E-state index is -0.816. The molecular formula is C18H36O4. The maximum absolute atomic E-state index is 9.98. The predicted molar refractivity (Wildman–Crippen MR) is 88.9 cm³/mol. The molecule has 1 aliphatic rings. The van der Waals surface area contributed by atoms with Gasteiger partial charge >= 0.3 is 0 Å². The van der Waals surface area contributed by atoms with Crippen LogP contribution in [0, 0.1) is 5.92 Å². The Morgan fingerprint density at radius 3 is 2.14 bits per heavy atom. The lowest BCUT2D eigenvalue weighted by molar-refractivity contribution is -0.290. The summed E-state index contributed by atoms with van der Waals surface area (Å²) >= 11 is 0. The van der Waals surface area contributed by atoms with Crippen LogP contribution in [0.1, 0.15) is 71.6 Å². The van der Waals surface area contributed by atoms with Gasteiger partial charge in [0.2, 0.25) is 0 Å². The molecule has 1 rings (SSSR count). The van der Waals surface area contributed by atoms with Crippen molar-refractivity contribution in [3.05, 3.63) is 0 Å². The van der Waals surface area contributed by atoms with E-state index in [4.69, 9.17) is 14.2 Å². The number of rotatable bonds is 13. The summed E-state index contributed by atoms with van der Waals surface area (Å²) < 4.78 is 17.7. The van der Waals surface area contributed by atoms with Gasteiger partial charge in [-0.15, -0.1) is 0 Å². The summed E-state index contributed by atoms with van der Waals surface area (Å²) in [6.07, 6.45) is 10.2. The SMILES string of the molecule is CCCCOCCOC(CO)(OCCCC)C1CCCCC1. The molecule has 1 saturated carbocycles. The van der Waals surface area contributed by atoms with Gasteiger partial charge in [-0.1, -0.05) is 46.0 Å². The van der Waals surface area contributed by atoms with Crippen LogP contribution in [0.4, 0.5) is 0 Å². The molecule has 132 valence electrons. The van der Waals surface area contributed by atoms with E-state index in [9.17, 15) is 5.11 Å². The van der Waals surface area contributed by atoms with Gasteiger partial charge in [-0.25, -0.2) is 0 Å².